The zero-order valence-electron chi connectivity index (χ0n) is 10.6. The Balaban J connectivity index is 1.99. The van der Waals surface area contributed by atoms with Crippen molar-refractivity contribution in [1.29, 1.82) is 0 Å². The van der Waals surface area contributed by atoms with Crippen LogP contribution in [0.5, 0.6) is 0 Å². The largest absolute Gasteiger partial charge is 0.373 e. The molecule has 6 heteroatoms. The molecule has 19 heavy (non-hydrogen) atoms. The smallest absolute Gasteiger partial charge is 0.115 e. The predicted octanol–water partition coefficient (Wildman–Crippen LogP) is 2.58. The van der Waals surface area contributed by atoms with Gasteiger partial charge >= 0.3 is 0 Å². The Bertz CT molecular complexity index is 436. The van der Waals surface area contributed by atoms with Crippen LogP contribution < -0.4 is 5.32 Å². The van der Waals surface area contributed by atoms with Crippen LogP contribution in [0.15, 0.2) is 35.4 Å². The number of azide groups is 1. The zero-order chi connectivity index (χ0) is 13.5. The first-order chi connectivity index (χ1) is 9.29. The van der Waals surface area contributed by atoms with Gasteiger partial charge in [0.05, 0.1) is 18.8 Å². The molecule has 0 aliphatic carbocycles. The van der Waals surface area contributed by atoms with Crippen molar-refractivity contribution in [3.63, 3.8) is 0 Å². The Hall–Kier alpha value is -1.62. The number of hydrogen-bond acceptors (Lipinski definition) is 3. The van der Waals surface area contributed by atoms with E-state index in [2.05, 4.69) is 15.3 Å². The number of benzene rings is 1. The minimum Gasteiger partial charge on any atom is -0.373 e. The Labute approximate surface area is 111 Å². The molecule has 0 radical (unpaired) electrons. The summed E-state index contributed by atoms with van der Waals surface area (Å²) in [6.45, 7) is 1.13. The average Bonchev–Trinajstić information content (AvgIpc) is 2.60. The van der Waals surface area contributed by atoms with E-state index in [4.69, 9.17) is 10.3 Å². The number of rotatable bonds is 4. The second-order valence-corrected chi connectivity index (χ2v) is 4.60. The Morgan fingerprint density at radius 3 is 2.89 bits per heavy atom. The number of nitrogens with one attached hydrogen (secondary N) is 1. The van der Waals surface area contributed by atoms with Crippen LogP contribution in [0.2, 0.25) is 0 Å². The van der Waals surface area contributed by atoms with Crippen LogP contribution in [0.1, 0.15) is 12.0 Å². The Morgan fingerprint density at radius 1 is 1.37 bits per heavy atom. The minimum absolute atomic E-state index is 0.253. The molecule has 0 spiro atoms. The molecule has 1 aliphatic heterocycles. The van der Waals surface area contributed by atoms with E-state index in [1.54, 1.807) is 0 Å². The first kappa shape index (κ1) is 13.8. The van der Waals surface area contributed by atoms with E-state index in [0.29, 0.717) is 13.2 Å². The van der Waals surface area contributed by atoms with Crippen LogP contribution in [-0.4, -0.2) is 31.4 Å². The van der Waals surface area contributed by atoms with Gasteiger partial charge in [0.2, 0.25) is 0 Å². The molecule has 1 aromatic carbocycles. The summed E-state index contributed by atoms with van der Waals surface area (Å²) in [5.74, 6) is 0. The van der Waals surface area contributed by atoms with E-state index in [-0.39, 0.29) is 25.1 Å². The maximum Gasteiger partial charge on any atom is 0.115 e. The van der Waals surface area contributed by atoms with Gasteiger partial charge in [-0.3, -0.25) is 0 Å². The van der Waals surface area contributed by atoms with Crippen molar-refractivity contribution in [2.75, 3.05) is 13.1 Å². The van der Waals surface area contributed by atoms with Gasteiger partial charge in [-0.15, -0.1) is 0 Å². The van der Waals surface area contributed by atoms with E-state index in [0.717, 1.165) is 5.56 Å². The highest BCUT2D eigenvalue weighted by Crippen LogP contribution is 2.17. The Kier molecular flexibility index (Phi) is 5.15. The quantitative estimate of drug-likeness (QED) is 0.516. The zero-order valence-corrected chi connectivity index (χ0v) is 10.6. The van der Waals surface area contributed by atoms with Gasteiger partial charge in [-0.05, 0) is 11.1 Å². The molecule has 2 rings (SSSR count). The average molecular weight is 264 g/mol. The van der Waals surface area contributed by atoms with Crippen molar-refractivity contribution < 1.29 is 9.13 Å². The van der Waals surface area contributed by atoms with Crippen molar-refractivity contribution in [2.45, 2.75) is 31.3 Å². The van der Waals surface area contributed by atoms with Crippen LogP contribution in [0.3, 0.4) is 0 Å². The van der Waals surface area contributed by atoms with E-state index in [9.17, 15) is 4.39 Å². The summed E-state index contributed by atoms with van der Waals surface area (Å²) >= 11 is 0. The van der Waals surface area contributed by atoms with E-state index >= 15 is 0 Å². The van der Waals surface area contributed by atoms with Crippen LogP contribution in [-0.2, 0) is 11.3 Å². The minimum atomic E-state index is -0.973. The molecule has 5 nitrogen and oxygen atoms in total. The molecular formula is C13H17FN4O. The lowest BCUT2D eigenvalue weighted by Crippen LogP contribution is -2.33. The second-order valence-electron chi connectivity index (χ2n) is 4.60. The molecule has 1 fully saturated rings. The normalized spacial score (nSPS) is 27.3. The summed E-state index contributed by atoms with van der Waals surface area (Å²) < 4.78 is 19.3. The lowest BCUT2D eigenvalue weighted by molar-refractivity contribution is 0.0115. The van der Waals surface area contributed by atoms with Gasteiger partial charge in [0, 0.05) is 24.4 Å². The molecule has 0 amide bonds. The monoisotopic (exact) mass is 264 g/mol. The first-order valence-corrected chi connectivity index (χ1v) is 6.34. The summed E-state index contributed by atoms with van der Waals surface area (Å²) in [6, 6.07) is 9.32. The molecule has 102 valence electrons. The first-order valence-electron chi connectivity index (χ1n) is 6.34. The van der Waals surface area contributed by atoms with E-state index in [1.165, 1.54) is 0 Å². The highest BCUT2D eigenvalue weighted by Gasteiger charge is 2.28. The topological polar surface area (TPSA) is 70.0 Å². The van der Waals surface area contributed by atoms with Crippen LogP contribution in [0.4, 0.5) is 4.39 Å². The van der Waals surface area contributed by atoms with Crippen LogP contribution >= 0.6 is 0 Å². The van der Waals surface area contributed by atoms with Gasteiger partial charge in [0.15, 0.2) is 0 Å². The third kappa shape index (κ3) is 4.21. The highest BCUT2D eigenvalue weighted by atomic mass is 19.1. The fourth-order valence-corrected chi connectivity index (χ4v) is 2.15. The summed E-state index contributed by atoms with van der Waals surface area (Å²) in [5, 5.41) is 6.64. The fourth-order valence-electron chi connectivity index (χ4n) is 2.15. The predicted molar refractivity (Wildman–Crippen MR) is 70.3 cm³/mol. The molecule has 1 aromatic rings. The molecule has 0 bridgehead atoms. The lowest BCUT2D eigenvalue weighted by atomic mass is 10.1. The molecule has 1 saturated heterocycles. The summed E-state index contributed by atoms with van der Waals surface area (Å²) in [4.78, 5) is 2.81. The van der Waals surface area contributed by atoms with Gasteiger partial charge in [-0.25, -0.2) is 4.39 Å². The molecule has 1 N–H and O–H groups in total. The van der Waals surface area contributed by atoms with Gasteiger partial charge in [0.25, 0.3) is 0 Å². The van der Waals surface area contributed by atoms with Crippen molar-refractivity contribution in [3.8, 4) is 0 Å². The number of nitrogens with zero attached hydrogens (tertiary/aromatic N) is 3. The summed E-state index contributed by atoms with van der Waals surface area (Å²) in [5.41, 5.74) is 9.58. The summed E-state index contributed by atoms with van der Waals surface area (Å²) in [6.07, 6.45) is -1.11. The van der Waals surface area contributed by atoms with Crippen molar-refractivity contribution in [3.05, 3.63) is 46.3 Å². The number of halogens is 1. The maximum absolute atomic E-state index is 13.6. The molecule has 1 aliphatic rings. The molecule has 0 unspecified atom stereocenters. The van der Waals surface area contributed by atoms with E-state index < -0.39 is 6.17 Å². The van der Waals surface area contributed by atoms with Crippen molar-refractivity contribution in [1.82, 2.24) is 5.32 Å². The molecule has 3 atom stereocenters. The molecule has 0 saturated carbocycles. The fraction of sp³-hybridized carbons (Fsp3) is 0.538. The van der Waals surface area contributed by atoms with Crippen molar-refractivity contribution in [2.24, 2.45) is 5.11 Å². The van der Waals surface area contributed by atoms with Gasteiger partial charge in [0.1, 0.15) is 6.17 Å². The molecule has 1 heterocycles. The van der Waals surface area contributed by atoms with E-state index in [1.807, 2.05) is 30.3 Å². The SMILES string of the molecule is [N-]=[N+]=N[C@@H]1CNC[C@@H](F)C[C@H]1OCc1ccccc1. The van der Waals surface area contributed by atoms with Gasteiger partial charge < -0.3 is 10.1 Å². The molecular weight excluding hydrogens is 247 g/mol. The Morgan fingerprint density at radius 2 is 2.16 bits per heavy atom. The molecule has 0 aromatic heterocycles. The van der Waals surface area contributed by atoms with Gasteiger partial charge in [-0.2, -0.15) is 0 Å². The second kappa shape index (κ2) is 7.09. The summed E-state index contributed by atoms with van der Waals surface area (Å²) in [7, 11) is 0. The van der Waals surface area contributed by atoms with Gasteiger partial charge in [-0.1, -0.05) is 35.4 Å². The maximum atomic E-state index is 13.6. The van der Waals surface area contributed by atoms with Crippen LogP contribution in [0.25, 0.3) is 10.4 Å². The highest BCUT2D eigenvalue weighted by molar-refractivity contribution is 5.13. The number of ether oxygens (including phenoxy) is 1. The lowest BCUT2D eigenvalue weighted by Gasteiger charge is -2.21. The van der Waals surface area contributed by atoms with Crippen molar-refractivity contribution >= 4 is 0 Å². The third-order valence-electron chi connectivity index (χ3n) is 3.14. The van der Waals surface area contributed by atoms with Crippen LogP contribution in [0, 0.1) is 0 Å². The number of hydrogen-bond donors (Lipinski definition) is 1. The number of alkyl halides is 1. The third-order valence-corrected chi connectivity index (χ3v) is 3.14. The standard InChI is InChI=1S/C13H17FN4O/c14-11-6-13(12(17-18-15)8-16-7-11)19-9-10-4-2-1-3-5-10/h1-5,11-13,16H,6-9H2/t11-,12+,13+/m0/s1.